The predicted octanol–water partition coefficient (Wildman–Crippen LogP) is 2.61. The highest BCUT2D eigenvalue weighted by Gasteiger charge is 2.32. The molecule has 0 N–H and O–H groups in total. The molecule has 11 heteroatoms. The van der Waals surface area contributed by atoms with Gasteiger partial charge in [-0.2, -0.15) is 13.2 Å². The maximum absolute atomic E-state index is 13.4. The number of aromatic nitrogens is 5. The van der Waals surface area contributed by atoms with Crippen LogP contribution in [-0.2, 0) is 17.4 Å². The lowest BCUT2D eigenvalue weighted by Gasteiger charge is -2.26. The number of halogens is 3. The van der Waals surface area contributed by atoms with Gasteiger partial charge in [0.1, 0.15) is 18.2 Å². The smallest absolute Gasteiger partial charge is 0.355 e. The number of amides is 1. The molecule has 1 atom stereocenters. The van der Waals surface area contributed by atoms with Crippen LogP contribution in [0.2, 0.25) is 0 Å². The zero-order valence-electron chi connectivity index (χ0n) is 17.2. The number of benzene rings is 1. The zero-order chi connectivity index (χ0) is 22.6. The number of nitrogens with zero attached hydrogens (tertiary/aromatic N) is 7. The number of hydrogen-bond donors (Lipinski definition) is 0. The normalized spacial score (nSPS) is 16.0. The standard InChI is InChI=1S/C21H22F3N7O/c22-21(23,24)17-7-8-19(25-14-17)29-9-4-10-30(12-11-29)20(32)18(31-15-26-27-28-31)13-16-5-2-1-3-6-16/h1-3,5-8,14-15,18H,4,9-13H2/t18-/m0/s1. The maximum Gasteiger partial charge on any atom is 0.417 e. The third-order valence-corrected chi connectivity index (χ3v) is 5.45. The molecule has 0 radical (unpaired) electrons. The molecule has 0 bridgehead atoms. The summed E-state index contributed by atoms with van der Waals surface area (Å²) < 4.78 is 39.9. The van der Waals surface area contributed by atoms with Crippen LogP contribution in [0.5, 0.6) is 0 Å². The highest BCUT2D eigenvalue weighted by molar-refractivity contribution is 5.80. The van der Waals surface area contributed by atoms with E-state index in [0.717, 1.165) is 17.8 Å². The number of carbonyl (C=O) groups is 1. The average molecular weight is 445 g/mol. The molecule has 8 nitrogen and oxygen atoms in total. The highest BCUT2D eigenvalue weighted by Crippen LogP contribution is 2.29. The van der Waals surface area contributed by atoms with Crippen molar-refractivity contribution in [2.24, 2.45) is 0 Å². The van der Waals surface area contributed by atoms with Gasteiger partial charge in [0.15, 0.2) is 0 Å². The molecule has 1 fully saturated rings. The van der Waals surface area contributed by atoms with Gasteiger partial charge in [0.25, 0.3) is 0 Å². The van der Waals surface area contributed by atoms with E-state index in [-0.39, 0.29) is 5.91 Å². The first-order chi connectivity index (χ1) is 15.4. The summed E-state index contributed by atoms with van der Waals surface area (Å²) in [6.45, 7) is 2.02. The minimum atomic E-state index is -4.42. The van der Waals surface area contributed by atoms with Crippen LogP contribution >= 0.6 is 0 Å². The van der Waals surface area contributed by atoms with Crippen molar-refractivity contribution in [1.82, 2.24) is 30.1 Å². The Morgan fingerprint density at radius 1 is 1.03 bits per heavy atom. The van der Waals surface area contributed by atoms with Crippen molar-refractivity contribution >= 4 is 11.7 Å². The fraction of sp³-hybridized carbons (Fsp3) is 0.381. The second kappa shape index (κ2) is 9.33. The first-order valence-corrected chi connectivity index (χ1v) is 10.3. The third-order valence-electron chi connectivity index (χ3n) is 5.45. The van der Waals surface area contributed by atoms with E-state index >= 15 is 0 Å². The number of tetrazole rings is 1. The van der Waals surface area contributed by atoms with Gasteiger partial charge >= 0.3 is 6.18 Å². The van der Waals surface area contributed by atoms with Crippen molar-refractivity contribution in [3.63, 3.8) is 0 Å². The SMILES string of the molecule is O=C([C@H](Cc1ccccc1)n1cnnn1)N1CCCN(c2ccc(C(F)(F)F)cn2)CC1. The van der Waals surface area contributed by atoms with E-state index < -0.39 is 17.8 Å². The summed E-state index contributed by atoms with van der Waals surface area (Å²) >= 11 is 0. The topological polar surface area (TPSA) is 80.0 Å². The van der Waals surface area contributed by atoms with Gasteiger partial charge in [-0.3, -0.25) is 4.79 Å². The Hall–Kier alpha value is -3.50. The first-order valence-electron chi connectivity index (χ1n) is 10.3. The fourth-order valence-electron chi connectivity index (χ4n) is 3.76. The first kappa shape index (κ1) is 21.7. The second-order valence-corrected chi connectivity index (χ2v) is 7.56. The molecule has 1 aliphatic rings. The lowest BCUT2D eigenvalue weighted by atomic mass is 10.0. The molecular formula is C21H22F3N7O. The van der Waals surface area contributed by atoms with E-state index in [2.05, 4.69) is 20.5 Å². The summed E-state index contributed by atoms with van der Waals surface area (Å²) in [5, 5.41) is 11.3. The zero-order valence-corrected chi connectivity index (χ0v) is 17.2. The Morgan fingerprint density at radius 2 is 1.84 bits per heavy atom. The molecule has 1 aliphatic heterocycles. The maximum atomic E-state index is 13.4. The molecule has 0 aliphatic carbocycles. The van der Waals surface area contributed by atoms with Crippen molar-refractivity contribution in [2.45, 2.75) is 25.1 Å². The fourth-order valence-corrected chi connectivity index (χ4v) is 3.76. The minimum Gasteiger partial charge on any atom is -0.355 e. The van der Waals surface area contributed by atoms with Crippen molar-refractivity contribution in [2.75, 3.05) is 31.1 Å². The van der Waals surface area contributed by atoms with Crippen LogP contribution in [0, 0.1) is 0 Å². The second-order valence-electron chi connectivity index (χ2n) is 7.56. The Bertz CT molecular complexity index is 1010. The van der Waals surface area contributed by atoms with E-state index in [1.54, 1.807) is 4.90 Å². The number of alkyl halides is 3. The van der Waals surface area contributed by atoms with E-state index in [4.69, 9.17) is 0 Å². The third kappa shape index (κ3) is 5.04. The average Bonchev–Trinajstić information content (AvgIpc) is 3.21. The summed E-state index contributed by atoms with van der Waals surface area (Å²) in [6.07, 6.45) is -1.02. The van der Waals surface area contributed by atoms with Crippen molar-refractivity contribution in [3.05, 3.63) is 66.1 Å². The Morgan fingerprint density at radius 3 is 2.50 bits per heavy atom. The van der Waals surface area contributed by atoms with Gasteiger partial charge in [-0.05, 0) is 34.5 Å². The minimum absolute atomic E-state index is 0.0941. The molecule has 3 aromatic rings. The molecule has 1 aromatic carbocycles. The molecule has 3 heterocycles. The van der Waals surface area contributed by atoms with Gasteiger partial charge in [-0.25, -0.2) is 9.67 Å². The van der Waals surface area contributed by atoms with Crippen LogP contribution in [0.3, 0.4) is 0 Å². The van der Waals surface area contributed by atoms with Crippen molar-refractivity contribution < 1.29 is 18.0 Å². The van der Waals surface area contributed by atoms with E-state index in [0.29, 0.717) is 44.8 Å². The van der Waals surface area contributed by atoms with Gasteiger partial charge < -0.3 is 9.80 Å². The van der Waals surface area contributed by atoms with Crippen LogP contribution in [0.1, 0.15) is 23.6 Å². The van der Waals surface area contributed by atoms with Gasteiger partial charge in [0.05, 0.1) is 5.56 Å². The molecule has 1 saturated heterocycles. The van der Waals surface area contributed by atoms with Gasteiger partial charge in [-0.1, -0.05) is 30.3 Å². The summed E-state index contributed by atoms with van der Waals surface area (Å²) in [4.78, 5) is 21.0. The van der Waals surface area contributed by atoms with Crippen molar-refractivity contribution in [3.8, 4) is 0 Å². The van der Waals surface area contributed by atoms with Crippen molar-refractivity contribution in [1.29, 1.82) is 0 Å². The number of rotatable bonds is 5. The summed E-state index contributed by atoms with van der Waals surface area (Å²) in [5.74, 6) is 0.372. The molecule has 2 aromatic heterocycles. The number of hydrogen-bond acceptors (Lipinski definition) is 6. The predicted molar refractivity (Wildman–Crippen MR) is 110 cm³/mol. The van der Waals surface area contributed by atoms with Gasteiger partial charge in [0, 0.05) is 38.8 Å². The largest absolute Gasteiger partial charge is 0.417 e. The van der Waals surface area contributed by atoms with E-state index in [1.165, 1.54) is 17.1 Å². The molecule has 0 spiro atoms. The summed E-state index contributed by atoms with van der Waals surface area (Å²) in [5.41, 5.74) is 0.213. The molecular weight excluding hydrogens is 423 g/mol. The molecule has 0 unspecified atom stereocenters. The van der Waals surface area contributed by atoms with Crippen LogP contribution < -0.4 is 4.90 Å². The molecule has 168 valence electrons. The molecule has 4 rings (SSSR count). The number of pyridine rings is 1. The van der Waals surface area contributed by atoms with Crippen LogP contribution in [0.15, 0.2) is 55.0 Å². The summed E-state index contributed by atoms with van der Waals surface area (Å²) in [7, 11) is 0. The lowest BCUT2D eigenvalue weighted by molar-refractivity contribution is -0.138. The Balaban J connectivity index is 1.46. The van der Waals surface area contributed by atoms with Crippen LogP contribution in [0.25, 0.3) is 0 Å². The van der Waals surface area contributed by atoms with Crippen LogP contribution in [-0.4, -0.2) is 62.2 Å². The van der Waals surface area contributed by atoms with Gasteiger partial charge in [-0.15, -0.1) is 5.10 Å². The highest BCUT2D eigenvalue weighted by atomic mass is 19.4. The lowest BCUT2D eigenvalue weighted by Crippen LogP contribution is -2.41. The Kier molecular flexibility index (Phi) is 6.33. The van der Waals surface area contributed by atoms with Crippen LogP contribution in [0.4, 0.5) is 19.0 Å². The number of anilines is 1. The monoisotopic (exact) mass is 445 g/mol. The van der Waals surface area contributed by atoms with Gasteiger partial charge in [0.2, 0.25) is 5.91 Å². The summed E-state index contributed by atoms with van der Waals surface area (Å²) in [6, 6.07) is 11.5. The molecule has 0 saturated carbocycles. The quantitative estimate of drug-likeness (QED) is 0.601. The number of carbonyl (C=O) groups excluding carboxylic acids is 1. The molecule has 32 heavy (non-hydrogen) atoms. The van der Waals surface area contributed by atoms with E-state index in [1.807, 2.05) is 35.2 Å². The Labute approximate surface area is 182 Å². The molecule has 1 amide bonds. The van der Waals surface area contributed by atoms with E-state index in [9.17, 15) is 18.0 Å².